The van der Waals surface area contributed by atoms with Gasteiger partial charge in [0.15, 0.2) is 0 Å². The third-order valence-electron chi connectivity index (χ3n) is 4.27. The number of hydrogen-bond acceptors (Lipinski definition) is 5. The smallest absolute Gasteiger partial charge is 0.333 e. The zero-order valence-electron chi connectivity index (χ0n) is 16.3. The van der Waals surface area contributed by atoms with E-state index in [2.05, 4.69) is 0 Å². The number of amides is 1. The molecule has 1 N–H and O–H groups in total. The Bertz CT molecular complexity index is 567. The van der Waals surface area contributed by atoms with Crippen molar-refractivity contribution >= 4 is 13.5 Å². The highest BCUT2D eigenvalue weighted by atomic mass is 31.2. The van der Waals surface area contributed by atoms with Gasteiger partial charge in [-0.3, -0.25) is 9.36 Å². The quantitative estimate of drug-likeness (QED) is 0.554. The van der Waals surface area contributed by atoms with Crippen LogP contribution >= 0.6 is 7.60 Å². The summed E-state index contributed by atoms with van der Waals surface area (Å²) in [5, 5.41) is 9.69. The highest BCUT2D eigenvalue weighted by Gasteiger charge is 2.35. The van der Waals surface area contributed by atoms with E-state index in [1.165, 1.54) is 0 Å². The molecule has 2 atom stereocenters. The van der Waals surface area contributed by atoms with Crippen LogP contribution in [0.4, 0.5) is 0 Å². The topological polar surface area (TPSA) is 76.1 Å². The molecule has 148 valence electrons. The van der Waals surface area contributed by atoms with Crippen LogP contribution in [-0.4, -0.2) is 47.4 Å². The average molecular weight is 385 g/mol. The minimum absolute atomic E-state index is 0.0423. The molecule has 0 fully saturated rings. The number of carbonyl (C=O) groups excluding carboxylic acids is 1. The van der Waals surface area contributed by atoms with Gasteiger partial charge in [-0.1, -0.05) is 44.2 Å². The van der Waals surface area contributed by atoms with E-state index in [1.807, 2.05) is 37.3 Å². The van der Waals surface area contributed by atoms with Crippen molar-refractivity contribution < 1.29 is 23.5 Å². The first-order chi connectivity index (χ1) is 12.4. The Kier molecular flexibility index (Phi) is 10.1. The minimum Gasteiger partial charge on any atom is -0.394 e. The highest BCUT2D eigenvalue weighted by molar-refractivity contribution is 7.54. The standard InChI is InChI=1S/C19H32NO5P/c1-5-18(15-21)20(14-17-11-9-8-10-12-17)19(22)13-16(4)26(23,24-6-2)25-7-3/h8-12,16,18,21H,5-7,13-15H2,1-4H3. The fourth-order valence-electron chi connectivity index (χ4n) is 2.78. The molecule has 2 unspecified atom stereocenters. The van der Waals surface area contributed by atoms with Crippen molar-refractivity contribution in [3.63, 3.8) is 0 Å². The Morgan fingerprint density at radius 3 is 2.19 bits per heavy atom. The molecule has 0 radical (unpaired) electrons. The summed E-state index contributed by atoms with van der Waals surface area (Å²) in [6.45, 7) is 7.96. The molecule has 26 heavy (non-hydrogen) atoms. The van der Waals surface area contributed by atoms with E-state index in [0.29, 0.717) is 13.0 Å². The summed E-state index contributed by atoms with van der Waals surface area (Å²) in [4.78, 5) is 14.6. The van der Waals surface area contributed by atoms with Crippen molar-refractivity contribution in [2.24, 2.45) is 0 Å². The molecule has 1 aromatic carbocycles. The second-order valence-electron chi connectivity index (χ2n) is 6.18. The molecule has 0 aliphatic rings. The minimum atomic E-state index is -3.34. The number of rotatable bonds is 12. The van der Waals surface area contributed by atoms with Crippen LogP contribution in [0.2, 0.25) is 0 Å². The van der Waals surface area contributed by atoms with Crippen molar-refractivity contribution in [3.05, 3.63) is 35.9 Å². The molecule has 0 heterocycles. The number of aliphatic hydroxyl groups is 1. The fraction of sp³-hybridized carbons (Fsp3) is 0.632. The van der Waals surface area contributed by atoms with E-state index in [4.69, 9.17) is 9.05 Å². The molecular weight excluding hydrogens is 353 g/mol. The van der Waals surface area contributed by atoms with Crippen LogP contribution in [0, 0.1) is 0 Å². The van der Waals surface area contributed by atoms with Crippen LogP contribution in [0.25, 0.3) is 0 Å². The number of carbonyl (C=O) groups is 1. The number of hydrogen-bond donors (Lipinski definition) is 1. The molecule has 0 saturated carbocycles. The fourth-order valence-corrected chi connectivity index (χ4v) is 4.47. The summed E-state index contributed by atoms with van der Waals surface area (Å²) in [5.41, 5.74) is 0.433. The van der Waals surface area contributed by atoms with Crippen LogP contribution in [0.1, 0.15) is 46.1 Å². The monoisotopic (exact) mass is 385 g/mol. The van der Waals surface area contributed by atoms with Crippen molar-refractivity contribution in [1.29, 1.82) is 0 Å². The Morgan fingerprint density at radius 1 is 1.15 bits per heavy atom. The molecule has 1 rings (SSSR count). The molecule has 0 aromatic heterocycles. The lowest BCUT2D eigenvalue weighted by Crippen LogP contribution is -2.42. The van der Waals surface area contributed by atoms with Crippen molar-refractivity contribution in [1.82, 2.24) is 4.90 Å². The van der Waals surface area contributed by atoms with Crippen LogP contribution in [0.3, 0.4) is 0 Å². The number of benzene rings is 1. The van der Waals surface area contributed by atoms with E-state index >= 15 is 0 Å². The van der Waals surface area contributed by atoms with Crippen molar-refractivity contribution in [3.8, 4) is 0 Å². The van der Waals surface area contributed by atoms with Gasteiger partial charge in [-0.2, -0.15) is 0 Å². The van der Waals surface area contributed by atoms with Crippen LogP contribution < -0.4 is 0 Å². The maximum atomic E-state index is 13.0. The van der Waals surface area contributed by atoms with Gasteiger partial charge >= 0.3 is 7.60 Å². The van der Waals surface area contributed by atoms with Gasteiger partial charge in [0, 0.05) is 13.0 Å². The maximum absolute atomic E-state index is 13.0. The third-order valence-corrected chi connectivity index (χ3v) is 6.77. The summed E-state index contributed by atoms with van der Waals surface area (Å²) in [6, 6.07) is 9.35. The maximum Gasteiger partial charge on any atom is 0.333 e. The molecule has 0 saturated heterocycles. The summed E-state index contributed by atoms with van der Waals surface area (Å²) in [6.07, 6.45) is 0.679. The van der Waals surface area contributed by atoms with Crippen LogP contribution in [0.5, 0.6) is 0 Å². The van der Waals surface area contributed by atoms with E-state index in [-0.39, 0.29) is 38.2 Å². The first kappa shape index (κ1) is 22.8. The summed E-state index contributed by atoms with van der Waals surface area (Å²) in [7, 11) is -3.34. The molecular formula is C19H32NO5P. The second-order valence-corrected chi connectivity index (χ2v) is 8.66. The molecule has 6 nitrogen and oxygen atoms in total. The zero-order chi connectivity index (χ0) is 19.6. The first-order valence-electron chi connectivity index (χ1n) is 9.24. The van der Waals surface area contributed by atoms with Crippen LogP contribution in [-0.2, 0) is 25.0 Å². The van der Waals surface area contributed by atoms with Gasteiger partial charge in [-0.15, -0.1) is 0 Å². The van der Waals surface area contributed by atoms with E-state index in [0.717, 1.165) is 5.56 Å². The van der Waals surface area contributed by atoms with Crippen molar-refractivity contribution in [2.75, 3.05) is 19.8 Å². The summed E-state index contributed by atoms with van der Waals surface area (Å²) in [5.74, 6) is -0.165. The van der Waals surface area contributed by atoms with Crippen LogP contribution in [0.15, 0.2) is 30.3 Å². The Labute approximate surface area is 157 Å². The number of aliphatic hydroxyl groups excluding tert-OH is 1. The predicted molar refractivity (Wildman–Crippen MR) is 103 cm³/mol. The lowest BCUT2D eigenvalue weighted by atomic mass is 10.1. The lowest BCUT2D eigenvalue weighted by molar-refractivity contribution is -0.135. The third kappa shape index (κ3) is 6.51. The van der Waals surface area contributed by atoms with E-state index in [1.54, 1.807) is 25.7 Å². The molecule has 0 bridgehead atoms. The predicted octanol–water partition coefficient (Wildman–Crippen LogP) is 3.83. The second kappa shape index (κ2) is 11.5. The highest BCUT2D eigenvalue weighted by Crippen LogP contribution is 2.54. The normalized spacial score (nSPS) is 14.0. The van der Waals surface area contributed by atoms with E-state index in [9.17, 15) is 14.5 Å². The molecule has 7 heteroatoms. The SMILES string of the molecule is CCOP(=O)(OCC)C(C)CC(=O)N(Cc1ccccc1)C(CC)CO. The zero-order valence-corrected chi connectivity index (χ0v) is 17.2. The van der Waals surface area contributed by atoms with Gasteiger partial charge < -0.3 is 19.1 Å². The Morgan fingerprint density at radius 2 is 1.73 bits per heavy atom. The largest absolute Gasteiger partial charge is 0.394 e. The molecule has 1 amide bonds. The number of nitrogens with zero attached hydrogens (tertiary/aromatic N) is 1. The van der Waals surface area contributed by atoms with Gasteiger partial charge in [0.2, 0.25) is 5.91 Å². The summed E-state index contributed by atoms with van der Waals surface area (Å²) >= 11 is 0. The summed E-state index contributed by atoms with van der Waals surface area (Å²) < 4.78 is 23.6. The average Bonchev–Trinajstić information content (AvgIpc) is 2.63. The van der Waals surface area contributed by atoms with Gasteiger partial charge in [-0.25, -0.2) is 0 Å². The van der Waals surface area contributed by atoms with Gasteiger partial charge in [0.05, 0.1) is 31.5 Å². The van der Waals surface area contributed by atoms with Gasteiger partial charge in [0.25, 0.3) is 0 Å². The Hall–Kier alpha value is -1.20. The molecule has 0 aliphatic carbocycles. The van der Waals surface area contributed by atoms with Crippen molar-refractivity contribution in [2.45, 2.75) is 58.8 Å². The van der Waals surface area contributed by atoms with Gasteiger partial charge in [0.1, 0.15) is 0 Å². The van der Waals surface area contributed by atoms with Gasteiger partial charge in [-0.05, 0) is 25.8 Å². The lowest BCUT2D eigenvalue weighted by Gasteiger charge is -2.32. The molecule has 0 spiro atoms. The Balaban J connectivity index is 2.95. The first-order valence-corrected chi connectivity index (χ1v) is 10.9. The molecule has 1 aromatic rings. The molecule has 0 aliphatic heterocycles. The van der Waals surface area contributed by atoms with E-state index < -0.39 is 13.3 Å².